The molecule has 0 saturated carbocycles. The second-order valence-corrected chi connectivity index (χ2v) is 23.3. The van der Waals surface area contributed by atoms with E-state index in [-0.39, 0.29) is 37.5 Å². The van der Waals surface area contributed by atoms with Gasteiger partial charge in [0.2, 0.25) is 0 Å². The first-order valence-corrected chi connectivity index (χ1v) is 25.5. The molecule has 11 rings (SSSR count). The first-order chi connectivity index (χ1) is 32.2. The molecule has 4 heterocycles. The molecule has 0 bridgehead atoms. The van der Waals surface area contributed by atoms with E-state index in [4.69, 9.17) is 17.9 Å². The molecule has 0 spiro atoms. The van der Waals surface area contributed by atoms with Crippen molar-refractivity contribution in [1.29, 1.82) is 0 Å². The molecule has 0 atom stereocenters. The number of nitrogens with zero attached hydrogens (tertiary/aromatic N) is 3. The van der Waals surface area contributed by atoms with Crippen LogP contribution >= 0.6 is 0 Å². The van der Waals surface area contributed by atoms with Crippen LogP contribution in [0.5, 0.6) is 0 Å². The molecular formula is C58H51IrN3O2Si-2. The fraction of sp³-hybridized carbons (Fsp3) is 0.172. The molecule has 11 aromatic rings. The first-order valence-electron chi connectivity index (χ1n) is 23.5. The molecule has 0 N–H and O–H groups in total. The Hall–Kier alpha value is -6.37. The summed E-state index contributed by atoms with van der Waals surface area (Å²) >= 11 is 0. The summed E-state index contributed by atoms with van der Waals surface area (Å²) in [6.45, 7) is 13.5. The van der Waals surface area contributed by atoms with Crippen molar-refractivity contribution < 1.29 is 33.1 Å². The number of hydrogen-bond donors (Lipinski definition) is 0. The quantitative estimate of drug-likeness (QED) is 0.118. The Kier molecular flexibility index (Phi) is 10.8. The number of furan rings is 2. The summed E-state index contributed by atoms with van der Waals surface area (Å²) in [6.07, 6.45) is 2.02. The van der Waals surface area contributed by atoms with Crippen molar-refractivity contribution in [2.24, 2.45) is 0 Å². The van der Waals surface area contributed by atoms with Gasteiger partial charge in [0.05, 0.1) is 30.5 Å². The molecule has 325 valence electrons. The maximum atomic E-state index is 8.53. The van der Waals surface area contributed by atoms with Crippen LogP contribution in [0.2, 0.25) is 19.6 Å². The third-order valence-corrected chi connectivity index (χ3v) is 14.2. The Morgan fingerprint density at radius 2 is 1.35 bits per heavy atom. The van der Waals surface area contributed by atoms with Gasteiger partial charge in [0.1, 0.15) is 5.58 Å². The van der Waals surface area contributed by atoms with Crippen LogP contribution in [0.4, 0.5) is 0 Å². The van der Waals surface area contributed by atoms with Crippen molar-refractivity contribution in [2.75, 3.05) is 0 Å². The Labute approximate surface area is 399 Å². The van der Waals surface area contributed by atoms with Crippen LogP contribution in [-0.4, -0.2) is 22.6 Å². The van der Waals surface area contributed by atoms with Crippen LogP contribution < -0.4 is 5.19 Å². The van der Waals surface area contributed by atoms with Crippen molar-refractivity contribution in [3.63, 3.8) is 0 Å². The fourth-order valence-electron chi connectivity index (χ4n) is 8.81. The number of para-hydroxylation sites is 3. The van der Waals surface area contributed by atoms with Crippen LogP contribution in [0.1, 0.15) is 60.3 Å². The molecule has 1 radical (unpaired) electrons. The summed E-state index contributed by atoms with van der Waals surface area (Å²) in [7, 11) is -1.23. The molecule has 65 heavy (non-hydrogen) atoms. The average Bonchev–Trinajstić information content (AvgIpc) is 4.03. The van der Waals surface area contributed by atoms with E-state index in [0.29, 0.717) is 38.9 Å². The van der Waals surface area contributed by atoms with Gasteiger partial charge in [-0.2, -0.15) is 0 Å². The van der Waals surface area contributed by atoms with Gasteiger partial charge >= 0.3 is 0 Å². The number of imidazole rings is 1. The standard InChI is InChI=1S/C44H35N2O2.C14H16NSi.Ir/c1-25(2)34-23-29(28-13-7-6-8-14-28)24-35(26(3)4)40(34)46-37-17-11-10-16-36(37)45-44(46)33-20-19-27(5)39-32-22-21-31-30-15-9-12-18-38(30)47-42(31)43(32)48-41(33)39;1-16(2,3)13-9-10-14(15-11-13)12-7-5-4-6-8-12;/h6-19,21-26H,1-5H3;4-7,9-11H,1-3H3;/q2*-1;/i5D3;;. The fourth-order valence-corrected chi connectivity index (χ4v) is 9.85. The minimum atomic E-state index is -2.41. The van der Waals surface area contributed by atoms with E-state index >= 15 is 0 Å². The summed E-state index contributed by atoms with van der Waals surface area (Å²) in [4.78, 5) is 9.78. The molecule has 0 aliphatic heterocycles. The molecule has 0 unspecified atom stereocenters. The minimum absolute atomic E-state index is 0. The van der Waals surface area contributed by atoms with E-state index in [0.717, 1.165) is 49.9 Å². The maximum absolute atomic E-state index is 8.53. The summed E-state index contributed by atoms with van der Waals surface area (Å²) in [6, 6.07) is 55.4. The van der Waals surface area contributed by atoms with Gasteiger partial charge in [-0.1, -0.05) is 144 Å². The van der Waals surface area contributed by atoms with Gasteiger partial charge in [-0.25, -0.2) is 0 Å². The largest absolute Gasteiger partial charge is 0.497 e. The van der Waals surface area contributed by atoms with Gasteiger partial charge in [-0.05, 0) is 81.4 Å². The van der Waals surface area contributed by atoms with Gasteiger partial charge in [0.15, 0.2) is 11.2 Å². The van der Waals surface area contributed by atoms with Crippen LogP contribution in [0.3, 0.4) is 0 Å². The molecular weight excluding hydrogens is 991 g/mol. The number of aromatic nitrogens is 3. The van der Waals surface area contributed by atoms with Crippen LogP contribution in [0.25, 0.3) is 94.4 Å². The van der Waals surface area contributed by atoms with Gasteiger partial charge in [-0.3, -0.25) is 4.98 Å². The Morgan fingerprint density at radius 3 is 2.05 bits per heavy atom. The minimum Gasteiger partial charge on any atom is -0.497 e. The number of pyridine rings is 1. The van der Waals surface area contributed by atoms with E-state index in [1.807, 2.05) is 91.1 Å². The second kappa shape index (κ2) is 17.5. The van der Waals surface area contributed by atoms with Crippen molar-refractivity contribution in [3.8, 4) is 39.5 Å². The summed E-state index contributed by atoms with van der Waals surface area (Å²) in [5.41, 5.74) is 12.6. The van der Waals surface area contributed by atoms with Gasteiger partial charge in [0, 0.05) is 52.3 Å². The molecule has 7 heteroatoms. The average molecular weight is 1050 g/mol. The van der Waals surface area contributed by atoms with Gasteiger partial charge in [0.25, 0.3) is 0 Å². The SMILES string of the molecule is C[Si](C)(C)c1ccc(-c2[c-]cccc2)nc1.[2H]C([2H])([2H])c1c[c-]c(-c2nc3ccccc3n2-c2c(C(C)C)cc(-c3ccccc3)cc2C(C)C)c2oc3c(ccc4c5ccccc5oc43)c12.[Ir]. The number of hydrogen-bond acceptors (Lipinski definition) is 4. The second-order valence-electron chi connectivity index (χ2n) is 18.2. The smallest absolute Gasteiger partial charge is 0.177 e. The van der Waals surface area contributed by atoms with Crippen molar-refractivity contribution in [1.82, 2.24) is 14.5 Å². The molecule has 0 fully saturated rings. The number of rotatable bonds is 7. The van der Waals surface area contributed by atoms with E-state index < -0.39 is 14.9 Å². The molecule has 5 nitrogen and oxygen atoms in total. The zero-order valence-corrected chi connectivity index (χ0v) is 41.0. The molecule has 0 amide bonds. The Balaban J connectivity index is 0.000000289. The predicted octanol–water partition coefficient (Wildman–Crippen LogP) is 15.6. The van der Waals surface area contributed by atoms with E-state index in [2.05, 4.69) is 124 Å². The molecule has 4 aromatic heterocycles. The number of fused-ring (bicyclic) bond motifs is 8. The Bertz CT molecular complexity index is 3580. The first kappa shape index (κ1) is 40.2. The Morgan fingerprint density at radius 1 is 0.662 bits per heavy atom. The van der Waals surface area contributed by atoms with Crippen molar-refractivity contribution >= 4 is 68.2 Å². The van der Waals surface area contributed by atoms with Crippen LogP contribution in [0.15, 0.2) is 161 Å². The third-order valence-electron chi connectivity index (χ3n) is 12.2. The van der Waals surface area contributed by atoms with E-state index in [1.54, 1.807) is 6.07 Å². The predicted molar refractivity (Wildman–Crippen MR) is 270 cm³/mol. The maximum Gasteiger partial charge on any atom is 0.177 e. The zero-order valence-electron chi connectivity index (χ0n) is 40.6. The third kappa shape index (κ3) is 7.96. The van der Waals surface area contributed by atoms with Gasteiger partial charge < -0.3 is 18.4 Å². The molecule has 0 saturated heterocycles. The van der Waals surface area contributed by atoms with Gasteiger partial charge in [-0.15, -0.1) is 53.6 Å². The monoisotopic (exact) mass is 1050 g/mol. The zero-order chi connectivity index (χ0) is 46.8. The topological polar surface area (TPSA) is 57.0 Å². The number of benzene rings is 7. The molecule has 0 aliphatic carbocycles. The molecule has 0 aliphatic rings. The van der Waals surface area contributed by atoms with E-state index in [1.165, 1.54) is 21.9 Å². The number of aryl methyl sites for hydroxylation is 1. The van der Waals surface area contributed by atoms with Crippen molar-refractivity contribution in [3.05, 3.63) is 181 Å². The summed E-state index contributed by atoms with van der Waals surface area (Å²) in [5.74, 6) is 1.00. The van der Waals surface area contributed by atoms with E-state index in [9.17, 15) is 0 Å². The normalized spacial score (nSPS) is 12.7. The molecule has 7 aromatic carbocycles. The summed E-state index contributed by atoms with van der Waals surface area (Å²) < 4.78 is 41.0. The van der Waals surface area contributed by atoms with Crippen LogP contribution in [0, 0.1) is 19.0 Å². The summed E-state index contributed by atoms with van der Waals surface area (Å²) in [5, 5.41) is 4.48. The van der Waals surface area contributed by atoms with Crippen LogP contribution in [-0.2, 0) is 20.1 Å². The van der Waals surface area contributed by atoms with Crippen molar-refractivity contribution in [2.45, 2.75) is 66.0 Å².